The van der Waals surface area contributed by atoms with E-state index in [-0.39, 0.29) is 0 Å². The van der Waals surface area contributed by atoms with Crippen molar-refractivity contribution in [2.75, 3.05) is 4.72 Å². The van der Waals surface area contributed by atoms with Crippen LogP contribution in [0, 0.1) is 13.8 Å². The molecular weight excluding hydrogens is 290 g/mol. The summed E-state index contributed by atoms with van der Waals surface area (Å²) in [7, 11) is -3.48. The van der Waals surface area contributed by atoms with Gasteiger partial charge in [0.25, 0.3) is 10.0 Å². The average molecular weight is 307 g/mol. The van der Waals surface area contributed by atoms with Gasteiger partial charge in [0.1, 0.15) is 4.90 Å². The lowest BCUT2D eigenvalue weighted by atomic mass is 10.1. The first-order valence-corrected chi connectivity index (χ1v) is 8.97. The Bertz CT molecular complexity index is 760. The summed E-state index contributed by atoms with van der Waals surface area (Å²) in [5.74, 6) is 0. The van der Waals surface area contributed by atoms with Crippen molar-refractivity contribution in [3.63, 3.8) is 0 Å². The van der Waals surface area contributed by atoms with Gasteiger partial charge < -0.3 is 0 Å². The molecule has 3 nitrogen and oxygen atoms in total. The van der Waals surface area contributed by atoms with Crippen LogP contribution in [0.1, 0.15) is 27.3 Å². The van der Waals surface area contributed by atoms with E-state index in [0.29, 0.717) is 10.6 Å². The van der Waals surface area contributed by atoms with Crippen molar-refractivity contribution in [3.05, 3.63) is 45.1 Å². The molecule has 0 atom stereocenters. The molecule has 1 N–H and O–H groups in total. The Morgan fingerprint density at radius 2 is 1.85 bits per heavy atom. The van der Waals surface area contributed by atoms with E-state index < -0.39 is 10.0 Å². The molecule has 1 aromatic heterocycles. The third-order valence-electron chi connectivity index (χ3n) is 3.64. The van der Waals surface area contributed by atoms with Gasteiger partial charge in [-0.25, -0.2) is 8.42 Å². The van der Waals surface area contributed by atoms with Crippen molar-refractivity contribution in [2.45, 2.75) is 38.0 Å². The van der Waals surface area contributed by atoms with Crippen LogP contribution in [0.4, 0.5) is 5.69 Å². The van der Waals surface area contributed by atoms with Crippen LogP contribution in [0.25, 0.3) is 0 Å². The lowest BCUT2D eigenvalue weighted by Gasteiger charge is -2.09. The molecule has 20 heavy (non-hydrogen) atoms. The Labute approximate surface area is 123 Å². The smallest absolute Gasteiger partial charge is 0.262 e. The standard InChI is InChI=1S/C15H17NO2S2/c1-10-8-15(11(2)19-10)20(17,18)16-14-7-6-12-4-3-5-13(12)9-14/h6-9,16H,3-5H2,1-2H3. The summed E-state index contributed by atoms with van der Waals surface area (Å²) in [6.45, 7) is 3.76. The Morgan fingerprint density at radius 1 is 1.10 bits per heavy atom. The number of benzene rings is 1. The van der Waals surface area contributed by atoms with E-state index in [1.54, 1.807) is 6.07 Å². The minimum absolute atomic E-state index is 0.389. The van der Waals surface area contributed by atoms with Crippen LogP contribution in [0.15, 0.2) is 29.2 Å². The third-order valence-corrected chi connectivity index (χ3v) is 6.24. The lowest BCUT2D eigenvalue weighted by Crippen LogP contribution is -2.13. The molecule has 106 valence electrons. The quantitative estimate of drug-likeness (QED) is 0.940. The molecule has 1 aliphatic rings. The van der Waals surface area contributed by atoms with Gasteiger partial charge in [-0.15, -0.1) is 11.3 Å². The van der Waals surface area contributed by atoms with E-state index in [9.17, 15) is 8.42 Å². The maximum Gasteiger partial charge on any atom is 0.262 e. The molecule has 1 heterocycles. The van der Waals surface area contributed by atoms with Crippen molar-refractivity contribution in [2.24, 2.45) is 0 Å². The number of thiophene rings is 1. The topological polar surface area (TPSA) is 46.2 Å². The maximum absolute atomic E-state index is 12.4. The number of rotatable bonds is 3. The number of hydrogen-bond acceptors (Lipinski definition) is 3. The third kappa shape index (κ3) is 2.47. The summed E-state index contributed by atoms with van der Waals surface area (Å²) in [5.41, 5.74) is 3.27. The molecule has 0 spiro atoms. The Kier molecular flexibility index (Phi) is 3.34. The minimum Gasteiger partial charge on any atom is -0.280 e. The van der Waals surface area contributed by atoms with Gasteiger partial charge in [0, 0.05) is 15.4 Å². The monoisotopic (exact) mass is 307 g/mol. The van der Waals surface area contributed by atoms with Crippen molar-refractivity contribution >= 4 is 27.0 Å². The van der Waals surface area contributed by atoms with Gasteiger partial charge in [-0.2, -0.15) is 0 Å². The predicted molar refractivity (Wildman–Crippen MR) is 83.1 cm³/mol. The Balaban J connectivity index is 1.92. The van der Waals surface area contributed by atoms with Crippen LogP contribution in [-0.4, -0.2) is 8.42 Å². The first kappa shape index (κ1) is 13.6. The molecule has 0 unspecified atom stereocenters. The molecule has 5 heteroatoms. The number of fused-ring (bicyclic) bond motifs is 1. The summed E-state index contributed by atoms with van der Waals surface area (Å²) < 4.78 is 27.6. The van der Waals surface area contributed by atoms with Crippen LogP contribution >= 0.6 is 11.3 Å². The summed E-state index contributed by atoms with van der Waals surface area (Å²) in [5, 5.41) is 0. The van der Waals surface area contributed by atoms with Crippen molar-refractivity contribution in [1.82, 2.24) is 0 Å². The summed E-state index contributed by atoms with van der Waals surface area (Å²) in [6.07, 6.45) is 3.31. The molecule has 0 saturated carbocycles. The maximum atomic E-state index is 12.4. The Hall–Kier alpha value is -1.33. The number of nitrogens with one attached hydrogen (secondary N) is 1. The number of anilines is 1. The van der Waals surface area contributed by atoms with Crippen LogP contribution < -0.4 is 4.72 Å². The van der Waals surface area contributed by atoms with E-state index in [2.05, 4.69) is 4.72 Å². The fourth-order valence-electron chi connectivity index (χ4n) is 2.72. The normalized spacial score (nSPS) is 14.3. The summed E-state index contributed by atoms with van der Waals surface area (Å²) in [6, 6.07) is 7.59. The highest BCUT2D eigenvalue weighted by Gasteiger charge is 2.20. The van der Waals surface area contributed by atoms with E-state index in [1.807, 2.05) is 32.0 Å². The summed E-state index contributed by atoms with van der Waals surface area (Å²) >= 11 is 1.51. The second kappa shape index (κ2) is 4.90. The predicted octanol–water partition coefficient (Wildman–Crippen LogP) is 3.65. The highest BCUT2D eigenvalue weighted by atomic mass is 32.2. The largest absolute Gasteiger partial charge is 0.280 e. The number of hydrogen-bond donors (Lipinski definition) is 1. The van der Waals surface area contributed by atoms with Crippen molar-refractivity contribution in [1.29, 1.82) is 0 Å². The van der Waals surface area contributed by atoms with Gasteiger partial charge in [0.2, 0.25) is 0 Å². The fraction of sp³-hybridized carbons (Fsp3) is 0.333. The zero-order valence-corrected chi connectivity index (χ0v) is 13.2. The second-order valence-corrected chi connectivity index (χ2v) is 8.33. The van der Waals surface area contributed by atoms with Gasteiger partial charge in [-0.3, -0.25) is 4.72 Å². The molecule has 0 aliphatic heterocycles. The number of aryl methyl sites for hydroxylation is 4. The molecule has 0 saturated heterocycles. The van der Waals surface area contributed by atoms with E-state index in [4.69, 9.17) is 0 Å². The molecule has 1 aliphatic carbocycles. The first-order valence-electron chi connectivity index (χ1n) is 6.67. The van der Waals surface area contributed by atoms with Crippen molar-refractivity contribution < 1.29 is 8.42 Å². The molecule has 0 fully saturated rings. The Morgan fingerprint density at radius 3 is 2.55 bits per heavy atom. The zero-order chi connectivity index (χ0) is 14.3. The van der Waals surface area contributed by atoms with Gasteiger partial charge in [0.15, 0.2) is 0 Å². The van der Waals surface area contributed by atoms with Gasteiger partial charge in [0.05, 0.1) is 0 Å². The van der Waals surface area contributed by atoms with E-state index in [0.717, 1.165) is 29.0 Å². The van der Waals surface area contributed by atoms with Gasteiger partial charge >= 0.3 is 0 Å². The van der Waals surface area contributed by atoms with Crippen molar-refractivity contribution in [3.8, 4) is 0 Å². The minimum atomic E-state index is -3.48. The van der Waals surface area contributed by atoms with Crippen LogP contribution in [-0.2, 0) is 22.9 Å². The number of sulfonamides is 1. The molecule has 0 radical (unpaired) electrons. The van der Waals surface area contributed by atoms with Crippen LogP contribution in [0.5, 0.6) is 0 Å². The molecule has 1 aromatic carbocycles. The van der Waals surface area contributed by atoms with Crippen LogP contribution in [0.2, 0.25) is 0 Å². The average Bonchev–Trinajstić information content (AvgIpc) is 2.94. The molecule has 3 rings (SSSR count). The lowest BCUT2D eigenvalue weighted by molar-refractivity contribution is 0.601. The summed E-state index contributed by atoms with van der Waals surface area (Å²) in [4.78, 5) is 2.23. The highest BCUT2D eigenvalue weighted by molar-refractivity contribution is 7.93. The second-order valence-electron chi connectivity index (χ2n) is 5.22. The van der Waals surface area contributed by atoms with E-state index in [1.165, 1.54) is 22.5 Å². The van der Waals surface area contributed by atoms with E-state index >= 15 is 0 Å². The molecule has 0 bridgehead atoms. The SMILES string of the molecule is Cc1cc(S(=O)(=O)Nc2ccc3c(c2)CCC3)c(C)s1. The highest BCUT2D eigenvalue weighted by Crippen LogP contribution is 2.29. The van der Waals surface area contributed by atoms with Gasteiger partial charge in [-0.05, 0) is 62.4 Å². The van der Waals surface area contributed by atoms with Crippen LogP contribution in [0.3, 0.4) is 0 Å². The van der Waals surface area contributed by atoms with Gasteiger partial charge in [-0.1, -0.05) is 6.07 Å². The molecule has 0 amide bonds. The fourth-order valence-corrected chi connectivity index (χ4v) is 5.33. The molecule has 2 aromatic rings. The zero-order valence-electron chi connectivity index (χ0n) is 11.6. The first-order chi connectivity index (χ1) is 9.45. The molecular formula is C15H17NO2S2.